The SMILES string of the molecule is C[C@H]1Cn2cc(C(=O)N3CCN(c4ccccn4)CC3)c(=O)c3c(Cl)ccc(c32)O1. The van der Waals surface area contributed by atoms with Crippen LogP contribution < -0.4 is 15.1 Å². The molecule has 0 unspecified atom stereocenters. The normalized spacial score (nSPS) is 18.4. The molecule has 7 nitrogen and oxygen atoms in total. The molecule has 0 radical (unpaired) electrons. The number of halogens is 1. The van der Waals surface area contributed by atoms with Crippen LogP contribution in [-0.2, 0) is 6.54 Å². The maximum atomic E-state index is 13.3. The first-order chi connectivity index (χ1) is 14.5. The predicted octanol–water partition coefficient (Wildman–Crippen LogP) is 2.79. The number of pyridine rings is 2. The minimum absolute atomic E-state index is 0.0609. The lowest BCUT2D eigenvalue weighted by molar-refractivity contribution is 0.0744. The number of hydrogen-bond donors (Lipinski definition) is 0. The molecule has 0 spiro atoms. The average Bonchev–Trinajstić information content (AvgIpc) is 2.77. The van der Waals surface area contributed by atoms with Crippen LogP contribution in [0, 0.1) is 0 Å². The first-order valence-electron chi connectivity index (χ1n) is 10.0. The second-order valence-electron chi connectivity index (χ2n) is 7.69. The minimum Gasteiger partial charge on any atom is -0.487 e. The highest BCUT2D eigenvalue weighted by Crippen LogP contribution is 2.33. The molecule has 2 aliphatic heterocycles. The Morgan fingerprint density at radius 2 is 1.97 bits per heavy atom. The third kappa shape index (κ3) is 3.10. The van der Waals surface area contributed by atoms with Gasteiger partial charge in [0.25, 0.3) is 5.91 Å². The topological polar surface area (TPSA) is 67.7 Å². The average molecular weight is 425 g/mol. The molecule has 2 aromatic heterocycles. The number of nitrogens with zero attached hydrogens (tertiary/aromatic N) is 4. The van der Waals surface area contributed by atoms with Gasteiger partial charge in [-0.15, -0.1) is 0 Å². The lowest BCUT2D eigenvalue weighted by Crippen LogP contribution is -2.50. The summed E-state index contributed by atoms with van der Waals surface area (Å²) in [7, 11) is 0. The van der Waals surface area contributed by atoms with Crippen LogP contribution in [0.3, 0.4) is 0 Å². The van der Waals surface area contributed by atoms with Crippen molar-refractivity contribution in [3.63, 3.8) is 0 Å². The fourth-order valence-corrected chi connectivity index (χ4v) is 4.47. The Bertz CT molecular complexity index is 1190. The third-order valence-corrected chi connectivity index (χ3v) is 6.00. The number of piperazine rings is 1. The van der Waals surface area contributed by atoms with Crippen molar-refractivity contribution in [1.29, 1.82) is 0 Å². The van der Waals surface area contributed by atoms with Crippen molar-refractivity contribution < 1.29 is 9.53 Å². The fraction of sp³-hybridized carbons (Fsp3) is 0.318. The van der Waals surface area contributed by atoms with Gasteiger partial charge in [-0.2, -0.15) is 0 Å². The maximum Gasteiger partial charge on any atom is 0.259 e. The van der Waals surface area contributed by atoms with Crippen molar-refractivity contribution in [2.24, 2.45) is 0 Å². The molecular formula is C22H21ClN4O3. The van der Waals surface area contributed by atoms with Gasteiger partial charge in [-0.3, -0.25) is 9.59 Å². The van der Waals surface area contributed by atoms with E-state index in [4.69, 9.17) is 16.3 Å². The predicted molar refractivity (Wildman–Crippen MR) is 116 cm³/mol. The van der Waals surface area contributed by atoms with Crippen LogP contribution >= 0.6 is 11.6 Å². The quantitative estimate of drug-likeness (QED) is 0.632. The zero-order chi connectivity index (χ0) is 20.8. The van der Waals surface area contributed by atoms with Gasteiger partial charge >= 0.3 is 0 Å². The summed E-state index contributed by atoms with van der Waals surface area (Å²) in [4.78, 5) is 34.7. The monoisotopic (exact) mass is 424 g/mol. The van der Waals surface area contributed by atoms with Gasteiger partial charge in [0, 0.05) is 38.6 Å². The second kappa shape index (κ2) is 7.32. The summed E-state index contributed by atoms with van der Waals surface area (Å²) in [6.45, 7) is 4.90. The third-order valence-electron chi connectivity index (χ3n) is 5.69. The number of benzene rings is 1. The van der Waals surface area contributed by atoms with E-state index in [0.29, 0.717) is 54.4 Å². The van der Waals surface area contributed by atoms with Gasteiger partial charge in [0.15, 0.2) is 0 Å². The Hall–Kier alpha value is -3.06. The second-order valence-corrected chi connectivity index (χ2v) is 8.10. The van der Waals surface area contributed by atoms with E-state index in [0.717, 1.165) is 5.82 Å². The zero-order valence-electron chi connectivity index (χ0n) is 16.5. The molecule has 1 atom stereocenters. The highest BCUT2D eigenvalue weighted by Gasteiger charge is 2.28. The van der Waals surface area contributed by atoms with E-state index in [1.165, 1.54) is 0 Å². The molecule has 5 rings (SSSR count). The summed E-state index contributed by atoms with van der Waals surface area (Å²) >= 11 is 6.37. The molecule has 0 N–H and O–H groups in total. The molecule has 0 aliphatic carbocycles. The van der Waals surface area contributed by atoms with Gasteiger partial charge in [0.1, 0.15) is 23.2 Å². The van der Waals surface area contributed by atoms with Crippen molar-refractivity contribution in [3.8, 4) is 5.75 Å². The van der Waals surface area contributed by atoms with Crippen molar-refractivity contribution >= 4 is 34.2 Å². The summed E-state index contributed by atoms with van der Waals surface area (Å²) < 4.78 is 7.78. The molecule has 8 heteroatoms. The van der Waals surface area contributed by atoms with Crippen LogP contribution in [0.25, 0.3) is 10.9 Å². The molecule has 0 bridgehead atoms. The summed E-state index contributed by atoms with van der Waals surface area (Å²) in [6, 6.07) is 9.22. The van der Waals surface area contributed by atoms with Crippen molar-refractivity contribution in [2.45, 2.75) is 19.6 Å². The number of rotatable bonds is 2. The van der Waals surface area contributed by atoms with Gasteiger partial charge in [0.05, 0.1) is 22.5 Å². The van der Waals surface area contributed by atoms with Crippen LogP contribution in [0.15, 0.2) is 47.5 Å². The van der Waals surface area contributed by atoms with E-state index in [2.05, 4.69) is 9.88 Å². The smallest absolute Gasteiger partial charge is 0.259 e. The van der Waals surface area contributed by atoms with Crippen molar-refractivity contribution in [3.05, 3.63) is 63.5 Å². The van der Waals surface area contributed by atoms with E-state index < -0.39 is 0 Å². The van der Waals surface area contributed by atoms with Gasteiger partial charge in [0.2, 0.25) is 5.43 Å². The molecule has 1 aromatic carbocycles. The molecule has 3 aromatic rings. The number of amides is 1. The largest absolute Gasteiger partial charge is 0.487 e. The van der Waals surface area contributed by atoms with E-state index in [1.54, 1.807) is 29.4 Å². The fourth-order valence-electron chi connectivity index (χ4n) is 4.23. The number of aromatic nitrogens is 2. The van der Waals surface area contributed by atoms with Gasteiger partial charge < -0.3 is 19.1 Å². The number of ether oxygens (including phenoxy) is 1. The van der Waals surface area contributed by atoms with Crippen LogP contribution in [0.1, 0.15) is 17.3 Å². The zero-order valence-corrected chi connectivity index (χ0v) is 17.3. The van der Waals surface area contributed by atoms with Crippen LogP contribution in [0.5, 0.6) is 5.75 Å². The summed E-state index contributed by atoms with van der Waals surface area (Å²) in [5, 5.41) is 0.680. The number of carbonyl (C=O) groups is 1. The lowest BCUT2D eigenvalue weighted by atomic mass is 10.1. The van der Waals surface area contributed by atoms with Crippen LogP contribution in [0.2, 0.25) is 5.02 Å². The van der Waals surface area contributed by atoms with Gasteiger partial charge in [-0.1, -0.05) is 17.7 Å². The maximum absolute atomic E-state index is 13.3. The molecule has 4 heterocycles. The van der Waals surface area contributed by atoms with Crippen molar-refractivity contribution in [2.75, 3.05) is 31.1 Å². The molecule has 1 saturated heterocycles. The Morgan fingerprint density at radius 3 is 2.70 bits per heavy atom. The summed E-state index contributed by atoms with van der Waals surface area (Å²) in [6.07, 6.45) is 3.36. The van der Waals surface area contributed by atoms with Gasteiger partial charge in [-0.05, 0) is 31.2 Å². The highest BCUT2D eigenvalue weighted by molar-refractivity contribution is 6.35. The Labute approximate surface area is 178 Å². The van der Waals surface area contributed by atoms with E-state index in [-0.39, 0.29) is 23.0 Å². The molecule has 30 heavy (non-hydrogen) atoms. The van der Waals surface area contributed by atoms with E-state index in [1.807, 2.05) is 29.7 Å². The Morgan fingerprint density at radius 1 is 1.17 bits per heavy atom. The summed E-state index contributed by atoms with van der Waals surface area (Å²) in [5.41, 5.74) is 0.465. The Kier molecular flexibility index (Phi) is 4.62. The molecule has 1 fully saturated rings. The van der Waals surface area contributed by atoms with Crippen LogP contribution in [-0.4, -0.2) is 52.6 Å². The molecule has 0 saturated carbocycles. The van der Waals surface area contributed by atoms with E-state index >= 15 is 0 Å². The standard InChI is InChI=1S/C22H21ClN4O3/c1-14-12-27-13-15(21(28)19-16(23)5-6-17(30-14)20(19)27)22(29)26-10-8-25(9-11-26)18-4-2-3-7-24-18/h2-7,13-14H,8-12H2,1H3/t14-/m0/s1. The van der Waals surface area contributed by atoms with Crippen LogP contribution in [0.4, 0.5) is 5.82 Å². The molecule has 154 valence electrons. The van der Waals surface area contributed by atoms with E-state index in [9.17, 15) is 9.59 Å². The highest BCUT2D eigenvalue weighted by atomic mass is 35.5. The van der Waals surface area contributed by atoms with Gasteiger partial charge in [-0.25, -0.2) is 4.98 Å². The first kappa shape index (κ1) is 18.9. The molecular weight excluding hydrogens is 404 g/mol. The first-order valence-corrected chi connectivity index (χ1v) is 10.4. The Balaban J connectivity index is 1.47. The minimum atomic E-state index is -0.344. The molecule has 2 aliphatic rings. The molecule has 1 amide bonds. The number of carbonyl (C=O) groups excluding carboxylic acids is 1. The lowest BCUT2D eigenvalue weighted by Gasteiger charge is -2.35. The summed E-state index contributed by atoms with van der Waals surface area (Å²) in [5.74, 6) is 1.26. The number of hydrogen-bond acceptors (Lipinski definition) is 5. The number of anilines is 1. The van der Waals surface area contributed by atoms with Crippen molar-refractivity contribution in [1.82, 2.24) is 14.5 Å².